The van der Waals surface area contributed by atoms with Crippen LogP contribution in [0.15, 0.2) is 53.4 Å². The fraction of sp³-hybridized carbons (Fsp3) is 0.263. The van der Waals surface area contributed by atoms with E-state index in [1.54, 1.807) is 24.3 Å². The van der Waals surface area contributed by atoms with Gasteiger partial charge in [0.15, 0.2) is 6.10 Å². The summed E-state index contributed by atoms with van der Waals surface area (Å²) in [5.74, 6) is -0.304. The van der Waals surface area contributed by atoms with Crippen molar-refractivity contribution >= 4 is 27.5 Å². The first-order valence-electron chi connectivity index (χ1n) is 8.72. The summed E-state index contributed by atoms with van der Waals surface area (Å²) in [5, 5.41) is 2.52. The van der Waals surface area contributed by atoms with Gasteiger partial charge in [0.25, 0.3) is 21.8 Å². The molecule has 2 aromatic rings. The lowest BCUT2D eigenvalue weighted by Crippen LogP contribution is -2.50. The number of carbonyl (C=O) groups is 2. The van der Waals surface area contributed by atoms with Crippen molar-refractivity contribution in [1.29, 1.82) is 0 Å². The molecular weight excluding hydrogens is 398 g/mol. The molecule has 0 aromatic heterocycles. The zero-order chi connectivity index (χ0) is 21.2. The molecular formula is C19H21N3O6S. The maximum Gasteiger partial charge on any atom is 0.264 e. The summed E-state index contributed by atoms with van der Waals surface area (Å²) in [6.07, 6.45) is -0.853. The van der Waals surface area contributed by atoms with Gasteiger partial charge in [-0.15, -0.1) is 0 Å². The van der Waals surface area contributed by atoms with Crippen LogP contribution in [0.2, 0.25) is 0 Å². The molecule has 0 unspecified atom stereocenters. The molecule has 1 heterocycles. The molecule has 1 atom stereocenters. The zero-order valence-electron chi connectivity index (χ0n) is 16.2. The van der Waals surface area contributed by atoms with Crippen molar-refractivity contribution in [1.82, 2.24) is 9.79 Å². The first-order chi connectivity index (χ1) is 13.8. The molecule has 0 fully saturated rings. The summed E-state index contributed by atoms with van der Waals surface area (Å²) in [6.45, 7) is 0.0297. The number of sulfonamides is 1. The van der Waals surface area contributed by atoms with Crippen LogP contribution in [-0.4, -0.2) is 58.6 Å². The molecule has 29 heavy (non-hydrogen) atoms. The summed E-state index contributed by atoms with van der Waals surface area (Å²) in [7, 11) is 0.199. The van der Waals surface area contributed by atoms with E-state index in [-0.39, 0.29) is 28.8 Å². The normalized spacial score (nSPS) is 16.1. The smallest absolute Gasteiger partial charge is 0.264 e. The third-order valence-corrected chi connectivity index (χ3v) is 6.25. The van der Waals surface area contributed by atoms with E-state index < -0.39 is 16.1 Å². The number of likely N-dealkylation sites (N-methyl/N-ethyl adjacent to an activating group) is 1. The second-order valence-corrected chi connectivity index (χ2v) is 8.16. The number of nitrogens with one attached hydrogen (secondary N) is 1. The van der Waals surface area contributed by atoms with Gasteiger partial charge in [-0.25, -0.2) is 8.42 Å². The molecule has 1 aliphatic heterocycles. The molecule has 1 N–H and O–H groups in total. The van der Waals surface area contributed by atoms with Crippen molar-refractivity contribution in [2.75, 3.05) is 32.6 Å². The predicted molar refractivity (Wildman–Crippen MR) is 105 cm³/mol. The number of nitrogens with zero attached hydrogens (tertiary/aromatic N) is 2. The Morgan fingerprint density at radius 3 is 2.45 bits per heavy atom. The van der Waals surface area contributed by atoms with Crippen LogP contribution in [-0.2, 0) is 19.7 Å². The highest BCUT2D eigenvalue weighted by Gasteiger charge is 2.34. The van der Waals surface area contributed by atoms with Gasteiger partial charge in [-0.05, 0) is 36.4 Å². The highest BCUT2D eigenvalue weighted by atomic mass is 32.2. The van der Waals surface area contributed by atoms with Crippen LogP contribution < -0.4 is 15.0 Å². The summed E-state index contributed by atoms with van der Waals surface area (Å²) in [5.41, 5.74) is 0.810. The minimum absolute atomic E-state index is 0.0102. The summed E-state index contributed by atoms with van der Waals surface area (Å²) < 4.78 is 31.0. The van der Waals surface area contributed by atoms with E-state index in [0.717, 1.165) is 4.47 Å². The van der Waals surface area contributed by atoms with E-state index in [2.05, 4.69) is 5.32 Å². The lowest BCUT2D eigenvalue weighted by atomic mass is 10.1. The Kier molecular flexibility index (Phi) is 5.87. The fourth-order valence-corrected chi connectivity index (χ4v) is 3.87. The monoisotopic (exact) mass is 419 g/mol. The maximum absolute atomic E-state index is 13.1. The Labute approximate surface area is 168 Å². The Bertz CT molecular complexity index is 1020. The second kappa shape index (κ2) is 8.19. The second-order valence-electron chi connectivity index (χ2n) is 6.23. The van der Waals surface area contributed by atoms with Gasteiger partial charge in [-0.1, -0.05) is 16.6 Å². The SMILES string of the molecule is CNC(=O)[C@@H]1CN(C(=O)c2ccc(S(=O)(=O)N(C)OC)cc2)c2ccccc2O1. The van der Waals surface area contributed by atoms with Crippen LogP contribution >= 0.6 is 0 Å². The molecule has 154 valence electrons. The van der Waals surface area contributed by atoms with Gasteiger partial charge in [0, 0.05) is 19.7 Å². The van der Waals surface area contributed by atoms with E-state index in [1.165, 1.54) is 50.4 Å². The van der Waals surface area contributed by atoms with E-state index in [0.29, 0.717) is 11.4 Å². The average molecular weight is 419 g/mol. The lowest BCUT2D eigenvalue weighted by molar-refractivity contribution is -0.127. The van der Waals surface area contributed by atoms with Gasteiger partial charge in [0.1, 0.15) is 5.75 Å². The average Bonchev–Trinajstić information content (AvgIpc) is 2.76. The van der Waals surface area contributed by atoms with Crippen LogP contribution in [0.5, 0.6) is 5.75 Å². The number of hydrogen-bond donors (Lipinski definition) is 1. The van der Waals surface area contributed by atoms with Crippen LogP contribution in [0, 0.1) is 0 Å². The molecule has 0 aliphatic carbocycles. The molecule has 0 saturated heterocycles. The summed E-state index contributed by atoms with van der Waals surface area (Å²) >= 11 is 0. The number of para-hydroxylation sites is 2. The Morgan fingerprint density at radius 1 is 1.17 bits per heavy atom. The Hall–Kier alpha value is -2.95. The third-order valence-electron chi connectivity index (χ3n) is 4.55. The van der Waals surface area contributed by atoms with Crippen LogP contribution in [0.25, 0.3) is 0 Å². The fourth-order valence-electron chi connectivity index (χ4n) is 2.90. The highest BCUT2D eigenvalue weighted by molar-refractivity contribution is 7.89. The van der Waals surface area contributed by atoms with E-state index in [4.69, 9.17) is 9.57 Å². The molecule has 2 aromatic carbocycles. The highest BCUT2D eigenvalue weighted by Crippen LogP contribution is 2.34. The van der Waals surface area contributed by atoms with Crippen LogP contribution in [0.3, 0.4) is 0 Å². The zero-order valence-corrected chi connectivity index (χ0v) is 17.0. The third kappa shape index (κ3) is 3.95. The van der Waals surface area contributed by atoms with Crippen molar-refractivity contribution in [2.45, 2.75) is 11.0 Å². The molecule has 1 aliphatic rings. The molecule has 10 heteroatoms. The minimum atomic E-state index is -3.82. The number of amides is 2. The number of hydrogen-bond acceptors (Lipinski definition) is 6. The molecule has 0 saturated carbocycles. The van der Waals surface area contributed by atoms with E-state index in [1.807, 2.05) is 0 Å². The van der Waals surface area contributed by atoms with Crippen LogP contribution in [0.4, 0.5) is 5.69 Å². The maximum atomic E-state index is 13.1. The predicted octanol–water partition coefficient (Wildman–Crippen LogP) is 1.02. The molecule has 2 amide bonds. The standard InChI is InChI=1S/C19H21N3O6S/c1-20-18(23)17-12-22(15-6-4-5-7-16(15)28-17)19(24)13-8-10-14(11-9-13)29(25,26)21(2)27-3/h4-11,17H,12H2,1-3H3,(H,20,23)/t17-/m0/s1. The number of benzene rings is 2. The number of fused-ring (bicyclic) bond motifs is 1. The molecule has 3 rings (SSSR count). The largest absolute Gasteiger partial charge is 0.477 e. The Balaban J connectivity index is 1.92. The van der Waals surface area contributed by atoms with Gasteiger partial charge < -0.3 is 15.0 Å². The van der Waals surface area contributed by atoms with Gasteiger partial charge in [-0.3, -0.25) is 14.4 Å². The van der Waals surface area contributed by atoms with Crippen molar-refractivity contribution in [3.63, 3.8) is 0 Å². The van der Waals surface area contributed by atoms with Crippen molar-refractivity contribution in [3.05, 3.63) is 54.1 Å². The van der Waals surface area contributed by atoms with Crippen molar-refractivity contribution < 1.29 is 27.6 Å². The van der Waals surface area contributed by atoms with Gasteiger partial charge in [-0.2, -0.15) is 0 Å². The molecule has 9 nitrogen and oxygen atoms in total. The number of hydroxylamine groups is 1. The number of carbonyl (C=O) groups excluding carboxylic acids is 2. The van der Waals surface area contributed by atoms with Crippen molar-refractivity contribution in [2.24, 2.45) is 0 Å². The summed E-state index contributed by atoms with van der Waals surface area (Å²) in [6, 6.07) is 12.4. The van der Waals surface area contributed by atoms with Gasteiger partial charge >= 0.3 is 0 Å². The van der Waals surface area contributed by atoms with Gasteiger partial charge in [0.05, 0.1) is 24.2 Å². The van der Waals surface area contributed by atoms with E-state index in [9.17, 15) is 18.0 Å². The molecule has 0 spiro atoms. The number of anilines is 1. The molecule has 0 radical (unpaired) electrons. The summed E-state index contributed by atoms with van der Waals surface area (Å²) in [4.78, 5) is 31.4. The first-order valence-corrected chi connectivity index (χ1v) is 10.2. The quantitative estimate of drug-likeness (QED) is 0.726. The van der Waals surface area contributed by atoms with E-state index >= 15 is 0 Å². The first kappa shape index (κ1) is 20.8. The van der Waals surface area contributed by atoms with Crippen molar-refractivity contribution in [3.8, 4) is 5.75 Å². The number of ether oxygens (including phenoxy) is 1. The van der Waals surface area contributed by atoms with Crippen LogP contribution in [0.1, 0.15) is 10.4 Å². The lowest BCUT2D eigenvalue weighted by Gasteiger charge is -2.34. The number of rotatable bonds is 5. The van der Waals surface area contributed by atoms with Gasteiger partial charge in [0.2, 0.25) is 0 Å². The molecule has 0 bridgehead atoms. The minimum Gasteiger partial charge on any atom is -0.477 e. The topological polar surface area (TPSA) is 105 Å². The Morgan fingerprint density at radius 2 is 1.83 bits per heavy atom.